The predicted molar refractivity (Wildman–Crippen MR) is 108 cm³/mol. The summed E-state index contributed by atoms with van der Waals surface area (Å²) in [5.41, 5.74) is 7.96. The van der Waals surface area contributed by atoms with E-state index in [1.807, 2.05) is 5.38 Å². The summed E-state index contributed by atoms with van der Waals surface area (Å²) in [5, 5.41) is 15.8. The van der Waals surface area contributed by atoms with Gasteiger partial charge in [0.2, 0.25) is 0 Å². The van der Waals surface area contributed by atoms with Gasteiger partial charge >= 0.3 is 0 Å². The van der Waals surface area contributed by atoms with Crippen molar-refractivity contribution in [1.29, 1.82) is 0 Å². The van der Waals surface area contributed by atoms with Gasteiger partial charge in [0.15, 0.2) is 5.13 Å². The molecule has 2 aliphatic rings. The zero-order valence-electron chi connectivity index (χ0n) is 15.0. The summed E-state index contributed by atoms with van der Waals surface area (Å²) in [6.45, 7) is 4.15. The Balaban J connectivity index is 1.31. The Hall–Kier alpha value is -1.83. The van der Waals surface area contributed by atoms with Gasteiger partial charge in [0, 0.05) is 42.4 Å². The van der Waals surface area contributed by atoms with Gasteiger partial charge in [0.05, 0.1) is 6.10 Å². The second-order valence-corrected chi connectivity index (χ2v) is 8.12. The number of nitrogens with zero attached hydrogens (tertiary/aromatic N) is 3. The third-order valence-corrected chi connectivity index (χ3v) is 6.19. The molecule has 0 spiro atoms. The molecule has 2 aliphatic heterocycles. The first-order chi connectivity index (χ1) is 12.7. The molecule has 2 fully saturated rings. The quantitative estimate of drug-likeness (QED) is 0.765. The van der Waals surface area contributed by atoms with Crippen molar-refractivity contribution in [3.63, 3.8) is 0 Å². The first kappa shape index (κ1) is 17.6. The molecule has 140 valence electrons. The number of aliphatic hydroxyl groups excluding tert-OH is 1. The fraction of sp³-hybridized carbons (Fsp3) is 0.526. The Morgan fingerprint density at radius 3 is 2.54 bits per heavy atom. The second-order valence-electron chi connectivity index (χ2n) is 7.26. The summed E-state index contributed by atoms with van der Waals surface area (Å²) in [7, 11) is 0. The van der Waals surface area contributed by atoms with Gasteiger partial charge in [-0.25, -0.2) is 4.98 Å². The van der Waals surface area contributed by atoms with Crippen LogP contribution in [0.2, 0.25) is 0 Å². The summed E-state index contributed by atoms with van der Waals surface area (Å²) < 4.78 is 0. The number of piperidine rings is 2. The SMILES string of the molecule is Nc1csc(Nc2ccc(N3CCC(N4CCCC(O)C4)CC3)cc2)n1. The van der Waals surface area contributed by atoms with E-state index < -0.39 is 0 Å². The first-order valence-corrected chi connectivity index (χ1v) is 10.3. The van der Waals surface area contributed by atoms with Gasteiger partial charge in [-0.2, -0.15) is 0 Å². The molecule has 1 aromatic heterocycles. The molecular formula is C19H27N5OS. The highest BCUT2D eigenvalue weighted by Crippen LogP contribution is 2.27. The molecular weight excluding hydrogens is 346 g/mol. The van der Waals surface area contributed by atoms with Gasteiger partial charge in [-0.3, -0.25) is 4.90 Å². The molecule has 1 aromatic carbocycles. The van der Waals surface area contributed by atoms with Crippen molar-refractivity contribution in [3.05, 3.63) is 29.6 Å². The number of nitrogen functional groups attached to an aromatic ring is 1. The number of hydrogen-bond donors (Lipinski definition) is 3. The molecule has 1 unspecified atom stereocenters. The molecule has 3 heterocycles. The van der Waals surface area contributed by atoms with Crippen LogP contribution >= 0.6 is 11.3 Å². The second kappa shape index (κ2) is 7.82. The topological polar surface area (TPSA) is 77.7 Å². The fourth-order valence-corrected chi connectivity index (χ4v) is 4.65. The van der Waals surface area contributed by atoms with Crippen molar-refractivity contribution < 1.29 is 5.11 Å². The van der Waals surface area contributed by atoms with E-state index in [4.69, 9.17) is 5.73 Å². The van der Waals surface area contributed by atoms with E-state index in [0.29, 0.717) is 11.9 Å². The zero-order chi connectivity index (χ0) is 17.9. The summed E-state index contributed by atoms with van der Waals surface area (Å²) >= 11 is 1.51. The van der Waals surface area contributed by atoms with Crippen LogP contribution in [0.5, 0.6) is 0 Å². The van der Waals surface area contributed by atoms with Gasteiger partial charge in [-0.05, 0) is 56.5 Å². The number of hydrogen-bond acceptors (Lipinski definition) is 7. The van der Waals surface area contributed by atoms with Crippen LogP contribution in [0, 0.1) is 0 Å². The Bertz CT molecular complexity index is 711. The number of anilines is 4. The maximum Gasteiger partial charge on any atom is 0.189 e. The maximum atomic E-state index is 9.90. The number of nitrogens with two attached hydrogens (primary N) is 1. The lowest BCUT2D eigenvalue weighted by atomic mass is 9.98. The highest BCUT2D eigenvalue weighted by molar-refractivity contribution is 7.14. The number of rotatable bonds is 4. The molecule has 4 rings (SSSR count). The molecule has 0 bridgehead atoms. The van der Waals surface area contributed by atoms with Crippen molar-refractivity contribution in [3.8, 4) is 0 Å². The summed E-state index contributed by atoms with van der Waals surface area (Å²) in [6.07, 6.45) is 4.30. The molecule has 26 heavy (non-hydrogen) atoms. The standard InChI is InChI=1S/C19H27N5OS/c20-18-13-26-19(22-18)21-14-3-5-15(6-4-14)23-10-7-16(8-11-23)24-9-1-2-17(25)12-24/h3-6,13,16-17,25H,1-2,7-12,20H2,(H,21,22). The van der Waals surface area contributed by atoms with Gasteiger partial charge < -0.3 is 21.1 Å². The largest absolute Gasteiger partial charge is 0.392 e. The Kier molecular flexibility index (Phi) is 5.28. The highest BCUT2D eigenvalue weighted by Gasteiger charge is 2.28. The summed E-state index contributed by atoms with van der Waals surface area (Å²) in [5.74, 6) is 0.554. The number of nitrogens with one attached hydrogen (secondary N) is 1. The van der Waals surface area contributed by atoms with Crippen LogP contribution in [-0.2, 0) is 0 Å². The van der Waals surface area contributed by atoms with Crippen molar-refractivity contribution in [2.75, 3.05) is 42.1 Å². The molecule has 7 heteroatoms. The third-order valence-electron chi connectivity index (χ3n) is 5.41. The lowest BCUT2D eigenvalue weighted by Crippen LogP contribution is -2.49. The summed E-state index contributed by atoms with van der Waals surface area (Å²) in [4.78, 5) is 9.19. The van der Waals surface area contributed by atoms with Crippen LogP contribution < -0.4 is 16.0 Å². The van der Waals surface area contributed by atoms with E-state index in [1.165, 1.54) is 29.9 Å². The zero-order valence-corrected chi connectivity index (χ0v) is 15.8. The van der Waals surface area contributed by atoms with E-state index in [9.17, 15) is 5.11 Å². The van der Waals surface area contributed by atoms with Crippen molar-refractivity contribution in [2.45, 2.75) is 37.8 Å². The van der Waals surface area contributed by atoms with Crippen LogP contribution in [0.15, 0.2) is 29.6 Å². The van der Waals surface area contributed by atoms with Crippen LogP contribution in [0.3, 0.4) is 0 Å². The van der Waals surface area contributed by atoms with Crippen molar-refractivity contribution >= 4 is 33.7 Å². The van der Waals surface area contributed by atoms with Crippen molar-refractivity contribution in [2.24, 2.45) is 0 Å². The van der Waals surface area contributed by atoms with Crippen LogP contribution in [0.1, 0.15) is 25.7 Å². The lowest BCUT2D eigenvalue weighted by molar-refractivity contribution is 0.0398. The highest BCUT2D eigenvalue weighted by atomic mass is 32.1. The number of thiazole rings is 1. The average molecular weight is 374 g/mol. The molecule has 6 nitrogen and oxygen atoms in total. The van der Waals surface area contributed by atoms with E-state index in [1.54, 1.807) is 0 Å². The van der Waals surface area contributed by atoms with Gasteiger partial charge in [0.25, 0.3) is 0 Å². The molecule has 0 radical (unpaired) electrons. The van der Waals surface area contributed by atoms with Gasteiger partial charge in [0.1, 0.15) is 5.82 Å². The maximum absolute atomic E-state index is 9.90. The normalized spacial score (nSPS) is 22.5. The number of likely N-dealkylation sites (tertiary alicyclic amines) is 1. The summed E-state index contributed by atoms with van der Waals surface area (Å²) in [6, 6.07) is 9.16. The van der Waals surface area contributed by atoms with Crippen LogP contribution in [-0.4, -0.2) is 53.3 Å². The van der Waals surface area contributed by atoms with E-state index in [0.717, 1.165) is 49.8 Å². The molecule has 0 saturated carbocycles. The number of aromatic nitrogens is 1. The molecule has 2 saturated heterocycles. The van der Waals surface area contributed by atoms with Gasteiger partial charge in [-0.15, -0.1) is 11.3 Å². The molecule has 2 aromatic rings. The Morgan fingerprint density at radius 1 is 1.12 bits per heavy atom. The van der Waals surface area contributed by atoms with Crippen LogP contribution in [0.4, 0.5) is 22.3 Å². The van der Waals surface area contributed by atoms with Crippen molar-refractivity contribution in [1.82, 2.24) is 9.88 Å². The predicted octanol–water partition coefficient (Wildman–Crippen LogP) is 2.89. The molecule has 4 N–H and O–H groups in total. The fourth-order valence-electron chi connectivity index (χ4n) is 4.03. The minimum absolute atomic E-state index is 0.130. The monoisotopic (exact) mass is 373 g/mol. The minimum Gasteiger partial charge on any atom is -0.392 e. The van der Waals surface area contributed by atoms with E-state index in [2.05, 4.69) is 44.4 Å². The third kappa shape index (κ3) is 4.11. The van der Waals surface area contributed by atoms with Crippen LogP contribution in [0.25, 0.3) is 0 Å². The van der Waals surface area contributed by atoms with E-state index >= 15 is 0 Å². The molecule has 0 amide bonds. The smallest absolute Gasteiger partial charge is 0.189 e. The molecule has 0 aliphatic carbocycles. The van der Waals surface area contributed by atoms with E-state index in [-0.39, 0.29) is 6.10 Å². The molecule has 1 atom stereocenters. The Morgan fingerprint density at radius 2 is 1.88 bits per heavy atom. The average Bonchev–Trinajstić information content (AvgIpc) is 3.07. The first-order valence-electron chi connectivity index (χ1n) is 9.42. The number of β-amino-alcohol motifs (C(OH)–C–C–N with tert-alkyl or cyclic N) is 1. The minimum atomic E-state index is -0.130. The number of aliphatic hydroxyl groups is 1. The Labute approximate surface area is 158 Å². The lowest BCUT2D eigenvalue weighted by Gasteiger charge is -2.42. The number of benzene rings is 1. The van der Waals surface area contributed by atoms with Gasteiger partial charge in [-0.1, -0.05) is 0 Å².